The van der Waals surface area contributed by atoms with Crippen LogP contribution in [0.2, 0.25) is 0 Å². The van der Waals surface area contributed by atoms with Crippen molar-refractivity contribution in [3.05, 3.63) is 95.4 Å². The van der Waals surface area contributed by atoms with Gasteiger partial charge in [-0.15, -0.1) is 0 Å². The molecule has 0 N–H and O–H groups in total. The van der Waals surface area contributed by atoms with Gasteiger partial charge in [-0.3, -0.25) is 9.69 Å². The van der Waals surface area contributed by atoms with Crippen LogP contribution in [0.15, 0.2) is 89.8 Å². The Bertz CT molecular complexity index is 1070. The fraction of sp³-hybridized carbons (Fsp3) is 0.0833. The molecular formula is C24H19NO3S2. The van der Waals surface area contributed by atoms with Gasteiger partial charge in [0.1, 0.15) is 28.2 Å². The van der Waals surface area contributed by atoms with Gasteiger partial charge in [0.15, 0.2) is 0 Å². The lowest BCUT2D eigenvalue weighted by Crippen LogP contribution is -2.32. The van der Waals surface area contributed by atoms with Gasteiger partial charge in [0.25, 0.3) is 5.91 Å². The molecular weight excluding hydrogens is 414 g/mol. The highest BCUT2D eigenvalue weighted by Crippen LogP contribution is 2.33. The fourth-order valence-corrected chi connectivity index (χ4v) is 4.22. The minimum absolute atomic E-state index is 0.101. The molecule has 0 unspecified atom stereocenters. The van der Waals surface area contributed by atoms with E-state index in [4.69, 9.17) is 21.7 Å². The first kappa shape index (κ1) is 20.2. The van der Waals surface area contributed by atoms with E-state index in [1.807, 2.05) is 91.0 Å². The highest BCUT2D eigenvalue weighted by atomic mass is 32.2. The molecule has 1 heterocycles. The smallest absolute Gasteiger partial charge is 0.266 e. The van der Waals surface area contributed by atoms with Crippen LogP contribution >= 0.6 is 24.0 Å². The maximum atomic E-state index is 12.8. The quantitative estimate of drug-likeness (QED) is 0.350. The second-order valence-electron chi connectivity index (χ2n) is 6.48. The topological polar surface area (TPSA) is 38.8 Å². The predicted molar refractivity (Wildman–Crippen MR) is 125 cm³/mol. The van der Waals surface area contributed by atoms with Crippen LogP contribution in [0.5, 0.6) is 17.2 Å². The molecule has 0 bridgehead atoms. The lowest BCUT2D eigenvalue weighted by Gasteiger charge is -2.14. The van der Waals surface area contributed by atoms with Crippen molar-refractivity contribution < 1.29 is 14.3 Å². The Morgan fingerprint density at radius 3 is 2.27 bits per heavy atom. The minimum Gasteiger partial charge on any atom is -0.492 e. The third kappa shape index (κ3) is 5.09. The van der Waals surface area contributed by atoms with Crippen LogP contribution in [0.4, 0.5) is 0 Å². The zero-order valence-corrected chi connectivity index (χ0v) is 17.7. The number of thioether (sulfide) groups is 1. The van der Waals surface area contributed by atoms with Gasteiger partial charge in [-0.25, -0.2) is 0 Å². The summed E-state index contributed by atoms with van der Waals surface area (Å²) in [5, 5.41) is 0. The Kier molecular flexibility index (Phi) is 6.47. The Labute approximate surface area is 185 Å². The van der Waals surface area contributed by atoms with E-state index in [0.717, 1.165) is 17.1 Å². The zero-order chi connectivity index (χ0) is 20.8. The summed E-state index contributed by atoms with van der Waals surface area (Å²) in [5.41, 5.74) is 0.879. The van der Waals surface area contributed by atoms with E-state index in [2.05, 4.69) is 0 Å². The molecule has 1 fully saturated rings. The van der Waals surface area contributed by atoms with Crippen molar-refractivity contribution in [1.29, 1.82) is 0 Å². The molecule has 3 aromatic rings. The van der Waals surface area contributed by atoms with Crippen LogP contribution in [0.1, 0.15) is 5.56 Å². The van der Waals surface area contributed by atoms with Crippen molar-refractivity contribution in [2.24, 2.45) is 0 Å². The molecule has 3 aromatic carbocycles. The normalized spacial score (nSPS) is 14.9. The van der Waals surface area contributed by atoms with Crippen molar-refractivity contribution >= 4 is 40.3 Å². The third-order valence-corrected chi connectivity index (χ3v) is 5.71. The van der Waals surface area contributed by atoms with Crippen LogP contribution in [0, 0.1) is 0 Å². The van der Waals surface area contributed by atoms with Gasteiger partial charge in [-0.05, 0) is 48.0 Å². The molecule has 150 valence electrons. The standard InChI is InChI=1S/C24H19NO3S2/c26-23-22(30-24(29)25(23)14-15-27-19-9-3-1-4-10-19)17-18-8-7-13-21(16-18)28-20-11-5-2-6-12-20/h1-13,16-17H,14-15H2/b22-17+. The number of thiocarbonyl (C=S) groups is 1. The van der Waals surface area contributed by atoms with Gasteiger partial charge in [-0.1, -0.05) is 72.5 Å². The Morgan fingerprint density at radius 2 is 1.53 bits per heavy atom. The first-order valence-corrected chi connectivity index (χ1v) is 10.7. The predicted octanol–water partition coefficient (Wildman–Crippen LogP) is 5.76. The number of ether oxygens (including phenoxy) is 2. The van der Waals surface area contributed by atoms with Crippen LogP contribution in [0.3, 0.4) is 0 Å². The summed E-state index contributed by atoms with van der Waals surface area (Å²) in [7, 11) is 0. The molecule has 4 rings (SSSR count). The first-order valence-electron chi connectivity index (χ1n) is 9.45. The summed E-state index contributed by atoms with van der Waals surface area (Å²) in [6.45, 7) is 0.790. The summed E-state index contributed by atoms with van der Waals surface area (Å²) in [5.74, 6) is 2.14. The van der Waals surface area contributed by atoms with E-state index in [-0.39, 0.29) is 5.91 Å². The van der Waals surface area contributed by atoms with Crippen molar-refractivity contribution in [2.75, 3.05) is 13.2 Å². The molecule has 0 aliphatic carbocycles. The molecule has 0 atom stereocenters. The van der Waals surface area contributed by atoms with E-state index < -0.39 is 0 Å². The number of carbonyl (C=O) groups excluding carboxylic acids is 1. The fourth-order valence-electron chi connectivity index (χ4n) is 2.91. The van der Waals surface area contributed by atoms with Crippen molar-refractivity contribution in [3.8, 4) is 17.2 Å². The number of hydrogen-bond acceptors (Lipinski definition) is 5. The number of nitrogens with zero attached hydrogens (tertiary/aromatic N) is 1. The summed E-state index contributed by atoms with van der Waals surface area (Å²) < 4.78 is 12.1. The number of carbonyl (C=O) groups is 1. The second-order valence-corrected chi connectivity index (χ2v) is 8.16. The Hall–Kier alpha value is -3.09. The Balaban J connectivity index is 1.41. The molecule has 1 saturated heterocycles. The number of para-hydroxylation sites is 2. The van der Waals surface area contributed by atoms with Crippen molar-refractivity contribution in [1.82, 2.24) is 4.90 Å². The molecule has 0 saturated carbocycles. The number of rotatable bonds is 7. The van der Waals surface area contributed by atoms with Gasteiger partial charge in [0.2, 0.25) is 0 Å². The van der Waals surface area contributed by atoms with Crippen molar-refractivity contribution in [2.45, 2.75) is 0 Å². The van der Waals surface area contributed by atoms with E-state index in [1.54, 1.807) is 4.90 Å². The second kappa shape index (κ2) is 9.61. The molecule has 1 aliphatic rings. The van der Waals surface area contributed by atoms with E-state index in [9.17, 15) is 4.79 Å². The van der Waals surface area contributed by atoms with Gasteiger partial charge in [0, 0.05) is 0 Å². The summed E-state index contributed by atoms with van der Waals surface area (Å²) in [6, 6.07) is 26.7. The lowest BCUT2D eigenvalue weighted by atomic mass is 10.2. The van der Waals surface area contributed by atoms with E-state index in [1.165, 1.54) is 11.8 Å². The first-order chi connectivity index (χ1) is 14.7. The molecule has 4 nitrogen and oxygen atoms in total. The highest BCUT2D eigenvalue weighted by Gasteiger charge is 2.31. The third-order valence-electron chi connectivity index (χ3n) is 4.34. The van der Waals surface area contributed by atoms with Gasteiger partial charge >= 0.3 is 0 Å². The van der Waals surface area contributed by atoms with Crippen LogP contribution in [0.25, 0.3) is 6.08 Å². The largest absolute Gasteiger partial charge is 0.492 e. The van der Waals surface area contributed by atoms with E-state index in [0.29, 0.717) is 28.1 Å². The minimum atomic E-state index is -0.101. The zero-order valence-electron chi connectivity index (χ0n) is 16.1. The average Bonchev–Trinajstić information content (AvgIpc) is 3.03. The summed E-state index contributed by atoms with van der Waals surface area (Å²) in [6.07, 6.45) is 1.84. The molecule has 1 aliphatic heterocycles. The maximum absolute atomic E-state index is 12.8. The average molecular weight is 434 g/mol. The van der Waals surface area contributed by atoms with Gasteiger partial charge < -0.3 is 9.47 Å². The van der Waals surface area contributed by atoms with Gasteiger partial charge in [0.05, 0.1) is 11.4 Å². The SMILES string of the molecule is O=C1/C(=C\c2cccc(Oc3ccccc3)c2)SC(=S)N1CCOc1ccccc1. The highest BCUT2D eigenvalue weighted by molar-refractivity contribution is 8.26. The molecule has 6 heteroatoms. The molecule has 0 spiro atoms. The molecule has 0 radical (unpaired) electrons. The van der Waals surface area contributed by atoms with Crippen molar-refractivity contribution in [3.63, 3.8) is 0 Å². The number of benzene rings is 3. The summed E-state index contributed by atoms with van der Waals surface area (Å²) >= 11 is 6.71. The molecule has 30 heavy (non-hydrogen) atoms. The summed E-state index contributed by atoms with van der Waals surface area (Å²) in [4.78, 5) is 15.0. The number of hydrogen-bond donors (Lipinski definition) is 0. The number of amides is 1. The monoisotopic (exact) mass is 433 g/mol. The van der Waals surface area contributed by atoms with E-state index >= 15 is 0 Å². The molecule has 1 amide bonds. The maximum Gasteiger partial charge on any atom is 0.266 e. The van der Waals surface area contributed by atoms with Crippen LogP contribution in [-0.4, -0.2) is 28.3 Å². The molecule has 0 aromatic heterocycles. The van der Waals surface area contributed by atoms with Gasteiger partial charge in [-0.2, -0.15) is 0 Å². The van der Waals surface area contributed by atoms with Crippen LogP contribution < -0.4 is 9.47 Å². The Morgan fingerprint density at radius 1 is 0.867 bits per heavy atom. The lowest BCUT2D eigenvalue weighted by molar-refractivity contribution is -0.122. The van der Waals surface area contributed by atoms with Crippen LogP contribution in [-0.2, 0) is 4.79 Å².